The summed E-state index contributed by atoms with van der Waals surface area (Å²) in [5.41, 5.74) is 1.66. The number of rotatable bonds is 5. The van der Waals surface area contributed by atoms with Crippen LogP contribution in [0.3, 0.4) is 0 Å². The lowest BCUT2D eigenvalue weighted by Gasteiger charge is -2.48. The maximum atomic E-state index is 14.2. The number of hydrogen-bond donors (Lipinski definition) is 0. The van der Waals surface area contributed by atoms with Crippen molar-refractivity contribution in [1.82, 2.24) is 4.90 Å². The van der Waals surface area contributed by atoms with Crippen LogP contribution in [0.1, 0.15) is 29.5 Å². The van der Waals surface area contributed by atoms with E-state index < -0.39 is 11.6 Å². The first-order valence-corrected chi connectivity index (χ1v) is 9.86. The Morgan fingerprint density at radius 3 is 2.39 bits per heavy atom. The van der Waals surface area contributed by atoms with Gasteiger partial charge in [0.1, 0.15) is 5.78 Å². The van der Waals surface area contributed by atoms with Crippen molar-refractivity contribution in [1.29, 1.82) is 0 Å². The van der Waals surface area contributed by atoms with Gasteiger partial charge in [0.25, 0.3) is 0 Å². The van der Waals surface area contributed by atoms with Crippen LogP contribution in [-0.2, 0) is 22.5 Å². The Labute approximate surface area is 164 Å². The number of morpholine rings is 1. The normalized spacial score (nSPS) is 24.9. The Kier molecular flexibility index (Phi) is 5.56. The van der Waals surface area contributed by atoms with Gasteiger partial charge in [-0.25, -0.2) is 8.78 Å². The van der Waals surface area contributed by atoms with Crippen LogP contribution in [0, 0.1) is 24.5 Å². The minimum atomic E-state index is -0.890. The van der Waals surface area contributed by atoms with Gasteiger partial charge < -0.3 is 4.74 Å². The summed E-state index contributed by atoms with van der Waals surface area (Å²) in [4.78, 5) is 15.3. The van der Waals surface area contributed by atoms with E-state index in [1.807, 2.05) is 18.2 Å². The van der Waals surface area contributed by atoms with Gasteiger partial charge in [0, 0.05) is 31.0 Å². The van der Waals surface area contributed by atoms with E-state index in [1.165, 1.54) is 24.6 Å². The molecule has 2 aromatic rings. The maximum Gasteiger partial charge on any atom is 0.162 e. The molecule has 5 heteroatoms. The molecule has 0 aliphatic carbocycles. The monoisotopic (exact) mass is 385 g/mol. The predicted molar refractivity (Wildman–Crippen MR) is 103 cm³/mol. The molecule has 2 aliphatic rings. The molecule has 2 heterocycles. The number of carbonyl (C=O) groups is 1. The Balaban J connectivity index is 1.45. The maximum absolute atomic E-state index is 14.2. The highest BCUT2D eigenvalue weighted by molar-refractivity contribution is 5.83. The molecule has 4 rings (SSSR count). The fraction of sp³-hybridized carbons (Fsp3) is 0.435. The van der Waals surface area contributed by atoms with E-state index in [9.17, 15) is 13.6 Å². The predicted octanol–water partition coefficient (Wildman–Crippen LogP) is 4.06. The average Bonchev–Trinajstić information content (AvgIpc) is 2.69. The Morgan fingerprint density at radius 2 is 1.71 bits per heavy atom. The highest BCUT2D eigenvalue weighted by atomic mass is 19.2. The van der Waals surface area contributed by atoms with Crippen LogP contribution >= 0.6 is 0 Å². The van der Waals surface area contributed by atoms with Gasteiger partial charge in [-0.1, -0.05) is 42.5 Å². The van der Waals surface area contributed by atoms with E-state index >= 15 is 0 Å². The van der Waals surface area contributed by atoms with Crippen LogP contribution in [-0.4, -0.2) is 36.0 Å². The molecule has 0 radical (unpaired) electrons. The van der Waals surface area contributed by atoms with E-state index in [0.29, 0.717) is 26.1 Å². The number of ketones is 1. The second-order valence-electron chi connectivity index (χ2n) is 7.98. The molecule has 0 spiro atoms. The third kappa shape index (κ3) is 3.87. The van der Waals surface area contributed by atoms with Gasteiger partial charge in [0.15, 0.2) is 11.6 Å². The van der Waals surface area contributed by atoms with Gasteiger partial charge >= 0.3 is 0 Å². The first-order valence-electron chi connectivity index (χ1n) is 9.86. The van der Waals surface area contributed by atoms with E-state index in [0.717, 1.165) is 6.54 Å². The van der Waals surface area contributed by atoms with Crippen molar-refractivity contribution in [2.45, 2.75) is 44.8 Å². The molecule has 0 amide bonds. The summed E-state index contributed by atoms with van der Waals surface area (Å²) in [7, 11) is 0. The van der Waals surface area contributed by atoms with E-state index in [2.05, 4.69) is 17.0 Å². The zero-order valence-corrected chi connectivity index (χ0v) is 16.0. The molecular formula is C23H25F2NO2. The Morgan fingerprint density at radius 1 is 1.04 bits per heavy atom. The van der Waals surface area contributed by atoms with Gasteiger partial charge in [-0.2, -0.15) is 0 Å². The second-order valence-corrected chi connectivity index (χ2v) is 7.98. The molecule has 148 valence electrons. The van der Waals surface area contributed by atoms with Crippen LogP contribution in [0.5, 0.6) is 0 Å². The fourth-order valence-electron chi connectivity index (χ4n) is 4.46. The van der Waals surface area contributed by atoms with Crippen LogP contribution in [0.25, 0.3) is 0 Å². The fourth-order valence-corrected chi connectivity index (χ4v) is 4.46. The van der Waals surface area contributed by atoms with Gasteiger partial charge in [-0.3, -0.25) is 9.69 Å². The molecule has 2 bridgehead atoms. The summed E-state index contributed by atoms with van der Waals surface area (Å²) < 4.78 is 33.7. The van der Waals surface area contributed by atoms with Gasteiger partial charge in [0.2, 0.25) is 0 Å². The largest absolute Gasteiger partial charge is 0.378 e. The molecule has 2 aromatic carbocycles. The van der Waals surface area contributed by atoms with Crippen LogP contribution in [0.15, 0.2) is 42.5 Å². The molecule has 28 heavy (non-hydrogen) atoms. The van der Waals surface area contributed by atoms with Crippen molar-refractivity contribution < 1.29 is 18.3 Å². The number of carbonyl (C=O) groups excluding carboxylic acids is 1. The molecule has 0 aromatic heterocycles. The van der Waals surface area contributed by atoms with Crippen molar-refractivity contribution in [3.63, 3.8) is 0 Å². The van der Waals surface area contributed by atoms with Crippen molar-refractivity contribution in [3.05, 3.63) is 70.8 Å². The molecule has 2 aliphatic heterocycles. The molecule has 2 unspecified atom stereocenters. The summed E-state index contributed by atoms with van der Waals surface area (Å²) in [6, 6.07) is 13.7. The lowest BCUT2D eigenvalue weighted by Crippen LogP contribution is -2.57. The molecule has 0 N–H and O–H groups in total. The second kappa shape index (κ2) is 8.10. The molecule has 3 nitrogen and oxygen atoms in total. The van der Waals surface area contributed by atoms with Crippen molar-refractivity contribution in [2.24, 2.45) is 5.92 Å². The van der Waals surface area contributed by atoms with E-state index in [-0.39, 0.29) is 41.3 Å². The Bertz CT molecular complexity index is 841. The number of ether oxygens (including phenoxy) is 1. The first-order chi connectivity index (χ1) is 13.5. The topological polar surface area (TPSA) is 29.5 Å². The van der Waals surface area contributed by atoms with Crippen LogP contribution in [0.4, 0.5) is 8.78 Å². The highest BCUT2D eigenvalue weighted by Crippen LogP contribution is 2.34. The summed E-state index contributed by atoms with van der Waals surface area (Å²) in [6.45, 7) is 3.59. The Hall–Kier alpha value is -2.11. The third-order valence-corrected chi connectivity index (χ3v) is 6.06. The zero-order chi connectivity index (χ0) is 19.7. The minimum absolute atomic E-state index is 0.00147. The van der Waals surface area contributed by atoms with Gasteiger partial charge in [0.05, 0.1) is 13.2 Å². The number of hydrogen-bond acceptors (Lipinski definition) is 3. The molecule has 2 saturated heterocycles. The van der Waals surface area contributed by atoms with Crippen LogP contribution < -0.4 is 0 Å². The third-order valence-electron chi connectivity index (χ3n) is 6.06. The van der Waals surface area contributed by atoms with E-state index in [4.69, 9.17) is 4.74 Å². The standard InChI is InChI=1S/C23H25F2NO2/c1-15-7-8-17(23(25)22(15)24)11-21(27)18-9-19-13-28-14-20(10-18)26(19)12-16-5-3-2-4-6-16/h2-8,18-20H,9-14H2,1H3. The summed E-state index contributed by atoms with van der Waals surface area (Å²) in [5.74, 6) is -1.88. The number of piperidine rings is 1. The SMILES string of the molecule is Cc1ccc(CC(=O)C2CC3COCC(C2)N3Cc2ccccc2)c(F)c1F. The smallest absolute Gasteiger partial charge is 0.162 e. The zero-order valence-electron chi connectivity index (χ0n) is 16.0. The lowest BCUT2D eigenvalue weighted by molar-refractivity contribution is -0.133. The van der Waals surface area contributed by atoms with Gasteiger partial charge in [-0.15, -0.1) is 0 Å². The summed E-state index contributed by atoms with van der Waals surface area (Å²) in [6.07, 6.45) is 1.36. The number of fused-ring (bicyclic) bond motifs is 2. The van der Waals surface area contributed by atoms with Crippen molar-refractivity contribution in [2.75, 3.05) is 13.2 Å². The highest BCUT2D eigenvalue weighted by Gasteiger charge is 2.41. The van der Waals surface area contributed by atoms with E-state index in [1.54, 1.807) is 0 Å². The van der Waals surface area contributed by atoms with Gasteiger partial charge in [-0.05, 0) is 36.5 Å². The lowest BCUT2D eigenvalue weighted by atomic mass is 9.80. The summed E-state index contributed by atoms with van der Waals surface area (Å²) in [5, 5.41) is 0. The van der Waals surface area contributed by atoms with Crippen LogP contribution in [0.2, 0.25) is 0 Å². The number of aryl methyl sites for hydroxylation is 1. The molecule has 2 fully saturated rings. The number of benzene rings is 2. The first kappa shape index (κ1) is 19.2. The van der Waals surface area contributed by atoms with Crippen molar-refractivity contribution >= 4 is 5.78 Å². The molecule has 2 atom stereocenters. The quantitative estimate of drug-likeness (QED) is 0.777. The van der Waals surface area contributed by atoms with Crippen molar-refractivity contribution in [3.8, 4) is 0 Å². The number of nitrogens with zero attached hydrogens (tertiary/aromatic N) is 1. The minimum Gasteiger partial charge on any atom is -0.378 e. The average molecular weight is 385 g/mol. The summed E-state index contributed by atoms with van der Waals surface area (Å²) >= 11 is 0. The molecular weight excluding hydrogens is 360 g/mol. The number of halogens is 2. The molecule has 0 saturated carbocycles. The number of Topliss-reactive ketones (excluding diaryl/α,β-unsaturated/α-hetero) is 1.